The van der Waals surface area contributed by atoms with E-state index in [0.29, 0.717) is 0 Å². The summed E-state index contributed by atoms with van der Waals surface area (Å²) in [6.45, 7) is 5.61. The fourth-order valence-electron chi connectivity index (χ4n) is 1.42. The van der Waals surface area contributed by atoms with Gasteiger partial charge in [0.2, 0.25) is 0 Å². The zero-order valence-corrected chi connectivity index (χ0v) is 11.0. The zero-order valence-electron chi connectivity index (χ0n) is 9.97. The second-order valence-corrected chi connectivity index (χ2v) is 6.13. The highest BCUT2D eigenvalue weighted by Crippen LogP contribution is 2.11. The Morgan fingerprint density at radius 2 is 1.75 bits per heavy atom. The van der Waals surface area contributed by atoms with Crippen LogP contribution in [-0.4, -0.2) is 29.1 Å². The Hall–Kier alpha value is -0.943. The fourth-order valence-corrected chi connectivity index (χ4v) is 3.57. The minimum atomic E-state index is -2.77. The summed E-state index contributed by atoms with van der Waals surface area (Å²) in [6, 6.07) is 9.74. The summed E-state index contributed by atoms with van der Waals surface area (Å²) in [6.07, 6.45) is 1.62. The molecule has 0 heterocycles. The quantitative estimate of drug-likeness (QED) is 0.558. The molecule has 4 heteroatoms. The van der Waals surface area contributed by atoms with E-state index in [1.807, 2.05) is 37.3 Å². The fraction of sp³-hybridized carbons (Fsp3) is 0.333. The lowest BCUT2D eigenvalue weighted by atomic mass is 10.4. The van der Waals surface area contributed by atoms with E-state index in [9.17, 15) is 0 Å². The molecule has 0 aliphatic rings. The van der Waals surface area contributed by atoms with Gasteiger partial charge in [-0.3, -0.25) is 0 Å². The van der Waals surface area contributed by atoms with Crippen molar-refractivity contribution in [2.75, 3.05) is 14.2 Å². The minimum Gasteiger partial charge on any atom is -0.373 e. The summed E-state index contributed by atoms with van der Waals surface area (Å²) in [7, 11) is 0.444. The van der Waals surface area contributed by atoms with Crippen LogP contribution in [0.4, 0.5) is 0 Å². The predicted molar refractivity (Wildman–Crippen MR) is 66.6 cm³/mol. The lowest BCUT2D eigenvalue weighted by Crippen LogP contribution is -2.56. The van der Waals surface area contributed by atoms with Crippen LogP contribution in [0.2, 0.25) is 0 Å². The largest absolute Gasteiger partial charge is 0.537 e. The molecule has 0 aromatic heterocycles. The summed E-state index contributed by atoms with van der Waals surface area (Å²) in [5, 5.41) is 0.953. The highest BCUT2D eigenvalue weighted by molar-refractivity contribution is 6.75. The van der Waals surface area contributed by atoms with Gasteiger partial charge in [0.25, 0.3) is 0 Å². The molecule has 1 rings (SSSR count). The summed E-state index contributed by atoms with van der Waals surface area (Å²) < 4.78 is 16.8. The molecule has 16 heavy (non-hydrogen) atoms. The highest BCUT2D eigenvalue weighted by Gasteiger charge is 2.42. The number of hydrogen-bond acceptors (Lipinski definition) is 3. The predicted octanol–water partition coefficient (Wildman–Crippen LogP) is 1.72. The van der Waals surface area contributed by atoms with Gasteiger partial charge in [-0.1, -0.05) is 36.4 Å². The maximum Gasteiger partial charge on any atom is 0.537 e. The van der Waals surface area contributed by atoms with Crippen LogP contribution in [0.1, 0.15) is 6.92 Å². The van der Waals surface area contributed by atoms with Crippen molar-refractivity contribution in [3.63, 3.8) is 0 Å². The van der Waals surface area contributed by atoms with Gasteiger partial charge in [-0.25, -0.2) is 0 Å². The molecule has 1 aromatic rings. The van der Waals surface area contributed by atoms with E-state index in [1.54, 1.807) is 20.3 Å². The number of benzene rings is 1. The first-order valence-electron chi connectivity index (χ1n) is 5.14. The van der Waals surface area contributed by atoms with Crippen molar-refractivity contribution >= 4 is 14.0 Å². The van der Waals surface area contributed by atoms with Crippen LogP contribution >= 0.6 is 0 Å². The van der Waals surface area contributed by atoms with E-state index in [1.165, 1.54) is 0 Å². The molecule has 0 N–H and O–H groups in total. The number of hydrogen-bond donors (Lipinski definition) is 0. The molecule has 1 atom stereocenters. The van der Waals surface area contributed by atoms with Gasteiger partial charge >= 0.3 is 8.80 Å². The van der Waals surface area contributed by atoms with Gasteiger partial charge in [-0.15, -0.1) is 6.58 Å². The van der Waals surface area contributed by atoms with Crippen molar-refractivity contribution in [2.24, 2.45) is 0 Å². The topological polar surface area (TPSA) is 27.7 Å². The van der Waals surface area contributed by atoms with Crippen molar-refractivity contribution in [3.05, 3.63) is 43.0 Å². The van der Waals surface area contributed by atoms with Gasteiger partial charge in [0.15, 0.2) is 0 Å². The Morgan fingerprint density at radius 3 is 2.19 bits per heavy atom. The van der Waals surface area contributed by atoms with Crippen molar-refractivity contribution in [2.45, 2.75) is 13.0 Å². The Balaban J connectivity index is 3.00. The molecule has 0 saturated carbocycles. The van der Waals surface area contributed by atoms with E-state index in [2.05, 4.69) is 6.58 Å². The van der Waals surface area contributed by atoms with Gasteiger partial charge in [0.05, 0.1) is 6.10 Å². The first kappa shape index (κ1) is 13.1. The van der Waals surface area contributed by atoms with Gasteiger partial charge in [-0.2, -0.15) is 0 Å². The lowest BCUT2D eigenvalue weighted by Gasteiger charge is -2.28. The molecule has 0 amide bonds. The van der Waals surface area contributed by atoms with E-state index < -0.39 is 8.80 Å². The molecule has 0 spiro atoms. The highest BCUT2D eigenvalue weighted by atomic mass is 28.4. The van der Waals surface area contributed by atoms with E-state index in [0.717, 1.165) is 5.19 Å². The molecule has 0 aliphatic heterocycles. The van der Waals surface area contributed by atoms with Crippen LogP contribution < -0.4 is 5.19 Å². The molecule has 0 fully saturated rings. The Bertz CT molecular complexity index is 322. The second kappa shape index (κ2) is 5.96. The molecule has 0 saturated heterocycles. The van der Waals surface area contributed by atoms with Crippen molar-refractivity contribution < 1.29 is 13.3 Å². The third kappa shape index (κ3) is 2.80. The van der Waals surface area contributed by atoms with Crippen LogP contribution in [0.15, 0.2) is 43.0 Å². The van der Waals surface area contributed by atoms with E-state index in [-0.39, 0.29) is 6.10 Å². The van der Waals surface area contributed by atoms with Crippen LogP contribution in [0, 0.1) is 0 Å². The van der Waals surface area contributed by atoms with Gasteiger partial charge < -0.3 is 13.3 Å². The smallest absolute Gasteiger partial charge is 0.373 e. The third-order valence-corrected chi connectivity index (χ3v) is 5.14. The Morgan fingerprint density at radius 1 is 1.19 bits per heavy atom. The summed E-state index contributed by atoms with van der Waals surface area (Å²) >= 11 is 0. The molecule has 1 aromatic carbocycles. The van der Waals surface area contributed by atoms with Crippen molar-refractivity contribution in [1.29, 1.82) is 0 Å². The normalized spacial score (nSPS) is 13.4. The average molecular weight is 238 g/mol. The third-order valence-electron chi connectivity index (χ3n) is 2.34. The maximum atomic E-state index is 5.85. The monoisotopic (exact) mass is 238 g/mol. The van der Waals surface area contributed by atoms with E-state index in [4.69, 9.17) is 13.3 Å². The summed E-state index contributed by atoms with van der Waals surface area (Å²) in [5.74, 6) is 0. The molecule has 88 valence electrons. The Labute approximate surface area is 98.0 Å². The van der Waals surface area contributed by atoms with Crippen molar-refractivity contribution in [3.8, 4) is 0 Å². The first-order valence-corrected chi connectivity index (χ1v) is 6.87. The molecule has 1 unspecified atom stereocenters. The molecule has 0 aliphatic carbocycles. The van der Waals surface area contributed by atoms with Crippen LogP contribution in [-0.2, 0) is 13.3 Å². The van der Waals surface area contributed by atoms with E-state index >= 15 is 0 Å². The van der Waals surface area contributed by atoms with Crippen LogP contribution in [0.25, 0.3) is 0 Å². The van der Waals surface area contributed by atoms with Gasteiger partial charge in [-0.05, 0) is 6.92 Å². The molecular weight excluding hydrogens is 220 g/mol. The summed E-state index contributed by atoms with van der Waals surface area (Å²) in [5.41, 5.74) is 0. The standard InChI is InChI=1S/C12H18O3Si/c1-5-11(2)15-16(13-3,14-4)12-9-7-6-8-10-12/h5-11H,1H2,2-4H3. The van der Waals surface area contributed by atoms with Gasteiger partial charge in [0, 0.05) is 19.4 Å². The average Bonchev–Trinajstić information content (AvgIpc) is 2.37. The zero-order chi connectivity index (χ0) is 12.0. The molecule has 0 radical (unpaired) electrons. The maximum absolute atomic E-state index is 5.85. The minimum absolute atomic E-state index is 0.105. The summed E-state index contributed by atoms with van der Waals surface area (Å²) in [4.78, 5) is 0. The lowest BCUT2D eigenvalue weighted by molar-refractivity contribution is 0.0946. The van der Waals surface area contributed by atoms with Crippen molar-refractivity contribution in [1.82, 2.24) is 0 Å². The van der Waals surface area contributed by atoms with Crippen LogP contribution in [0.3, 0.4) is 0 Å². The number of rotatable bonds is 6. The molecule has 3 nitrogen and oxygen atoms in total. The SMILES string of the molecule is C=CC(C)O[Si](OC)(OC)c1ccccc1. The second-order valence-electron chi connectivity index (χ2n) is 3.39. The first-order chi connectivity index (χ1) is 7.68. The molecular formula is C12H18O3Si. The van der Waals surface area contributed by atoms with Gasteiger partial charge in [0.1, 0.15) is 0 Å². The Kier molecular flexibility index (Phi) is 4.89. The molecule has 0 bridgehead atoms. The van der Waals surface area contributed by atoms with Crippen LogP contribution in [0.5, 0.6) is 0 Å².